The van der Waals surface area contributed by atoms with Gasteiger partial charge in [-0.1, -0.05) is 11.8 Å². The van der Waals surface area contributed by atoms with Gasteiger partial charge in [-0.3, -0.25) is 14.3 Å². The third kappa shape index (κ3) is 3.43. The lowest BCUT2D eigenvalue weighted by Gasteiger charge is -2.22. The summed E-state index contributed by atoms with van der Waals surface area (Å²) in [7, 11) is 0. The van der Waals surface area contributed by atoms with Crippen molar-refractivity contribution in [3.8, 4) is 5.69 Å². The zero-order chi connectivity index (χ0) is 18.0. The van der Waals surface area contributed by atoms with Crippen LogP contribution in [0.25, 0.3) is 5.69 Å². The fourth-order valence-corrected chi connectivity index (χ4v) is 3.03. The van der Waals surface area contributed by atoms with Crippen molar-refractivity contribution in [3.63, 3.8) is 0 Å². The fraction of sp³-hybridized carbons (Fsp3) is 0.333. The van der Waals surface area contributed by atoms with Crippen molar-refractivity contribution in [1.29, 1.82) is 0 Å². The third-order valence-corrected chi connectivity index (χ3v) is 4.36. The molecule has 1 aliphatic heterocycles. The molecule has 0 bridgehead atoms. The van der Waals surface area contributed by atoms with E-state index in [9.17, 15) is 14.0 Å². The Morgan fingerprint density at radius 1 is 1.52 bits per heavy atom. The van der Waals surface area contributed by atoms with Crippen molar-refractivity contribution in [2.45, 2.75) is 18.1 Å². The number of benzene rings is 1. The van der Waals surface area contributed by atoms with E-state index >= 15 is 0 Å². The molecule has 1 saturated heterocycles. The molecule has 3 rings (SSSR count). The Kier molecular flexibility index (Phi) is 4.88. The smallest absolute Gasteiger partial charge is 0.414 e. The highest BCUT2D eigenvalue weighted by atomic mass is 32.2. The average Bonchev–Trinajstić information content (AvgIpc) is 3.19. The summed E-state index contributed by atoms with van der Waals surface area (Å²) in [6.07, 6.45) is 2.67. The van der Waals surface area contributed by atoms with E-state index in [1.54, 1.807) is 12.1 Å². The largest absolute Gasteiger partial charge is 0.447 e. The van der Waals surface area contributed by atoms with Gasteiger partial charge in [0, 0.05) is 13.5 Å². The summed E-state index contributed by atoms with van der Waals surface area (Å²) in [5.41, 5.74) is 0.641. The van der Waals surface area contributed by atoms with Gasteiger partial charge in [0.05, 0.1) is 17.4 Å². The molecule has 1 fully saturated rings. The molecule has 2 aromatic rings. The Hall–Kier alpha value is -2.62. The minimum Gasteiger partial charge on any atom is -0.447 e. The van der Waals surface area contributed by atoms with Gasteiger partial charge in [-0.2, -0.15) is 0 Å². The van der Waals surface area contributed by atoms with Gasteiger partial charge in [0.15, 0.2) is 5.16 Å². The molecule has 2 amide bonds. The van der Waals surface area contributed by atoms with Crippen LogP contribution in [0.3, 0.4) is 0 Å². The van der Waals surface area contributed by atoms with Gasteiger partial charge in [-0.15, -0.1) is 10.2 Å². The van der Waals surface area contributed by atoms with E-state index < -0.39 is 18.0 Å². The predicted molar refractivity (Wildman–Crippen MR) is 89.4 cm³/mol. The lowest BCUT2D eigenvalue weighted by molar-refractivity contribution is -0.119. The zero-order valence-electron chi connectivity index (χ0n) is 13.6. The van der Waals surface area contributed by atoms with Crippen LogP contribution in [-0.2, 0) is 9.53 Å². The first-order valence-electron chi connectivity index (χ1n) is 7.45. The van der Waals surface area contributed by atoms with E-state index in [1.807, 2.05) is 6.26 Å². The highest BCUT2D eigenvalue weighted by Gasteiger charge is 2.34. The summed E-state index contributed by atoms with van der Waals surface area (Å²) in [5.74, 6) is -0.733. The van der Waals surface area contributed by atoms with Crippen molar-refractivity contribution < 1.29 is 18.7 Å². The molecular weight excluding hydrogens is 349 g/mol. The average molecular weight is 365 g/mol. The van der Waals surface area contributed by atoms with Gasteiger partial charge in [0.2, 0.25) is 5.91 Å². The maximum absolute atomic E-state index is 14.6. The number of hydrogen-bond donors (Lipinski definition) is 1. The molecule has 2 heterocycles. The summed E-state index contributed by atoms with van der Waals surface area (Å²) >= 11 is 1.34. The van der Waals surface area contributed by atoms with E-state index in [2.05, 4.69) is 15.5 Å². The fourth-order valence-electron chi connectivity index (χ4n) is 2.56. The Labute approximate surface area is 147 Å². The third-order valence-electron chi connectivity index (χ3n) is 3.72. The molecule has 10 heteroatoms. The first kappa shape index (κ1) is 17.2. The normalized spacial score (nSPS) is 16.8. The Balaban J connectivity index is 1.88. The van der Waals surface area contributed by atoms with E-state index in [-0.39, 0.29) is 24.7 Å². The number of thioether (sulfide) groups is 1. The van der Waals surface area contributed by atoms with E-state index in [4.69, 9.17) is 4.74 Å². The molecule has 1 aromatic carbocycles. The SMILES string of the molecule is CSc1nncn1-c1ccc(N2C(=O)OC[C@@H]2CNC(C)=O)cc1F. The molecule has 0 unspecified atom stereocenters. The second kappa shape index (κ2) is 7.09. The van der Waals surface area contributed by atoms with Crippen LogP contribution in [0, 0.1) is 5.82 Å². The van der Waals surface area contributed by atoms with Gasteiger partial charge >= 0.3 is 6.09 Å². The molecule has 0 aliphatic carbocycles. The molecule has 25 heavy (non-hydrogen) atoms. The number of anilines is 1. The number of ether oxygens (including phenoxy) is 1. The molecule has 1 aromatic heterocycles. The number of cyclic esters (lactones) is 1. The highest BCUT2D eigenvalue weighted by molar-refractivity contribution is 7.98. The summed E-state index contributed by atoms with van der Waals surface area (Å²) in [4.78, 5) is 24.4. The van der Waals surface area contributed by atoms with Crippen LogP contribution in [0.15, 0.2) is 29.7 Å². The monoisotopic (exact) mass is 365 g/mol. The number of carbonyl (C=O) groups is 2. The zero-order valence-corrected chi connectivity index (χ0v) is 14.4. The molecule has 8 nitrogen and oxygen atoms in total. The Morgan fingerprint density at radius 2 is 2.32 bits per heavy atom. The van der Waals surface area contributed by atoms with Crippen LogP contribution in [0.1, 0.15) is 6.92 Å². The van der Waals surface area contributed by atoms with Crippen LogP contribution < -0.4 is 10.2 Å². The van der Waals surface area contributed by atoms with Crippen LogP contribution in [0.2, 0.25) is 0 Å². The number of halogens is 1. The van der Waals surface area contributed by atoms with Crippen LogP contribution in [0.4, 0.5) is 14.9 Å². The van der Waals surface area contributed by atoms with E-state index in [0.717, 1.165) is 0 Å². The molecule has 1 aliphatic rings. The number of rotatable bonds is 5. The van der Waals surface area contributed by atoms with Crippen molar-refractivity contribution >= 4 is 29.4 Å². The number of carbonyl (C=O) groups excluding carboxylic acids is 2. The van der Waals surface area contributed by atoms with Crippen LogP contribution in [0.5, 0.6) is 0 Å². The topological polar surface area (TPSA) is 89.3 Å². The van der Waals surface area contributed by atoms with Crippen molar-refractivity contribution in [3.05, 3.63) is 30.3 Å². The molecular formula is C15H16FN5O3S. The lowest BCUT2D eigenvalue weighted by atomic mass is 10.2. The van der Waals surface area contributed by atoms with Gasteiger partial charge in [0.25, 0.3) is 0 Å². The molecule has 0 saturated carbocycles. The molecule has 0 spiro atoms. The number of nitrogens with one attached hydrogen (secondary N) is 1. The summed E-state index contributed by atoms with van der Waals surface area (Å²) in [6.45, 7) is 1.75. The number of hydrogen-bond acceptors (Lipinski definition) is 6. The maximum atomic E-state index is 14.6. The molecule has 1 N–H and O–H groups in total. The van der Waals surface area contributed by atoms with Gasteiger partial charge in [-0.05, 0) is 24.5 Å². The number of nitrogens with zero attached hydrogens (tertiary/aromatic N) is 4. The summed E-state index contributed by atoms with van der Waals surface area (Å²) in [5, 5.41) is 10.9. The predicted octanol–water partition coefficient (Wildman–Crippen LogP) is 1.59. The van der Waals surface area contributed by atoms with Crippen LogP contribution in [-0.4, -0.2) is 52.2 Å². The molecule has 1 atom stereocenters. The summed E-state index contributed by atoms with van der Waals surface area (Å²) < 4.78 is 21.2. The first-order chi connectivity index (χ1) is 12.0. The summed E-state index contributed by atoms with van der Waals surface area (Å²) in [6, 6.07) is 4.04. The second-order valence-electron chi connectivity index (χ2n) is 5.36. The van der Waals surface area contributed by atoms with Gasteiger partial charge in [0.1, 0.15) is 18.8 Å². The van der Waals surface area contributed by atoms with E-state index in [1.165, 1.54) is 40.5 Å². The molecule has 0 radical (unpaired) electrons. The molecule has 132 valence electrons. The number of amides is 2. The highest BCUT2D eigenvalue weighted by Crippen LogP contribution is 2.27. The van der Waals surface area contributed by atoms with Gasteiger partial charge in [-0.25, -0.2) is 9.18 Å². The second-order valence-corrected chi connectivity index (χ2v) is 6.13. The first-order valence-corrected chi connectivity index (χ1v) is 8.68. The van der Waals surface area contributed by atoms with Crippen LogP contribution >= 0.6 is 11.8 Å². The maximum Gasteiger partial charge on any atom is 0.414 e. The van der Waals surface area contributed by atoms with E-state index in [0.29, 0.717) is 10.8 Å². The standard InChI is InChI=1S/C15H16FN5O3S/c1-9(22)17-6-11-7-24-15(23)21(11)10-3-4-13(12(16)5-10)20-8-18-19-14(20)25-2/h3-5,8,11H,6-7H2,1-2H3,(H,17,22)/t11-/m0/s1. The van der Waals surface area contributed by atoms with Gasteiger partial charge < -0.3 is 10.1 Å². The minimum atomic E-state index is -0.573. The van der Waals surface area contributed by atoms with Crippen molar-refractivity contribution in [2.75, 3.05) is 24.3 Å². The number of aromatic nitrogens is 3. The Bertz CT molecular complexity index is 812. The lowest BCUT2D eigenvalue weighted by Crippen LogP contribution is -2.42. The Morgan fingerprint density at radius 3 is 3.00 bits per heavy atom. The van der Waals surface area contributed by atoms with Crippen molar-refractivity contribution in [2.24, 2.45) is 0 Å². The van der Waals surface area contributed by atoms with Crippen molar-refractivity contribution in [1.82, 2.24) is 20.1 Å². The minimum absolute atomic E-state index is 0.130. The quantitative estimate of drug-likeness (QED) is 0.810.